The zero-order valence-electron chi connectivity index (χ0n) is 10.1. The Balaban J connectivity index is 2.04. The molecule has 2 aromatic carbocycles. The van der Waals surface area contributed by atoms with Crippen LogP contribution in [0.2, 0.25) is 5.02 Å². The molecule has 0 radical (unpaired) electrons. The Kier molecular flexibility index (Phi) is 3.86. The smallest absolute Gasteiger partial charge is 0.0991 e. The van der Waals surface area contributed by atoms with Crippen molar-refractivity contribution in [2.24, 2.45) is 0 Å². The molecule has 0 aliphatic rings. The third-order valence-electron chi connectivity index (χ3n) is 2.75. The van der Waals surface area contributed by atoms with Gasteiger partial charge in [-0.3, -0.25) is 0 Å². The standard InChI is InChI=1S/C15H13ClN2/c1-11-8-14(16)6-7-15(11)18-10-13-4-2-12(9-17)3-5-13/h2-8,18H,10H2,1H3. The van der Waals surface area contributed by atoms with Crippen LogP contribution < -0.4 is 5.32 Å². The summed E-state index contributed by atoms with van der Waals surface area (Å²) in [7, 11) is 0. The Labute approximate surface area is 112 Å². The Morgan fingerprint density at radius 1 is 1.17 bits per heavy atom. The zero-order valence-corrected chi connectivity index (χ0v) is 10.8. The van der Waals surface area contributed by atoms with Gasteiger partial charge in [0.15, 0.2) is 0 Å². The van der Waals surface area contributed by atoms with Crippen LogP contribution in [0.15, 0.2) is 42.5 Å². The highest BCUT2D eigenvalue weighted by molar-refractivity contribution is 6.30. The van der Waals surface area contributed by atoms with Crippen LogP contribution in [-0.4, -0.2) is 0 Å². The molecule has 2 aromatic rings. The van der Waals surface area contributed by atoms with Gasteiger partial charge in [-0.15, -0.1) is 0 Å². The SMILES string of the molecule is Cc1cc(Cl)ccc1NCc1ccc(C#N)cc1. The Bertz CT molecular complexity index is 582. The van der Waals surface area contributed by atoms with Crippen molar-refractivity contribution in [3.8, 4) is 6.07 Å². The normalized spacial score (nSPS) is 9.83. The molecule has 0 heterocycles. The second-order valence-corrected chi connectivity index (χ2v) is 4.56. The van der Waals surface area contributed by atoms with Gasteiger partial charge in [0.25, 0.3) is 0 Å². The molecular weight excluding hydrogens is 244 g/mol. The maximum absolute atomic E-state index is 8.72. The number of nitrogens with one attached hydrogen (secondary N) is 1. The fourth-order valence-electron chi connectivity index (χ4n) is 1.72. The molecule has 2 nitrogen and oxygen atoms in total. The summed E-state index contributed by atoms with van der Waals surface area (Å²) in [4.78, 5) is 0. The van der Waals surface area contributed by atoms with E-state index < -0.39 is 0 Å². The lowest BCUT2D eigenvalue weighted by Gasteiger charge is -2.09. The maximum atomic E-state index is 8.72. The van der Waals surface area contributed by atoms with Gasteiger partial charge >= 0.3 is 0 Å². The highest BCUT2D eigenvalue weighted by atomic mass is 35.5. The molecule has 0 bridgehead atoms. The van der Waals surface area contributed by atoms with E-state index in [0.29, 0.717) is 5.56 Å². The van der Waals surface area contributed by atoms with Gasteiger partial charge < -0.3 is 5.32 Å². The molecule has 18 heavy (non-hydrogen) atoms. The summed E-state index contributed by atoms with van der Waals surface area (Å²) in [6.45, 7) is 2.75. The predicted octanol–water partition coefficient (Wildman–Crippen LogP) is 4.13. The van der Waals surface area contributed by atoms with Crippen molar-refractivity contribution in [3.05, 3.63) is 64.2 Å². The van der Waals surface area contributed by atoms with Crippen LogP contribution in [0.3, 0.4) is 0 Å². The lowest BCUT2D eigenvalue weighted by Crippen LogP contribution is -2.00. The molecule has 0 saturated carbocycles. The largest absolute Gasteiger partial charge is 0.381 e. The van der Waals surface area contributed by atoms with Crippen LogP contribution in [0.25, 0.3) is 0 Å². The molecular formula is C15H13ClN2. The molecule has 0 atom stereocenters. The van der Waals surface area contributed by atoms with Crippen LogP contribution in [0.5, 0.6) is 0 Å². The lowest BCUT2D eigenvalue weighted by molar-refractivity contribution is 1.14. The number of anilines is 1. The number of hydrogen-bond acceptors (Lipinski definition) is 2. The van der Waals surface area contributed by atoms with E-state index in [2.05, 4.69) is 11.4 Å². The fraction of sp³-hybridized carbons (Fsp3) is 0.133. The Morgan fingerprint density at radius 2 is 1.89 bits per heavy atom. The van der Waals surface area contributed by atoms with Gasteiger partial charge in [-0.2, -0.15) is 5.26 Å². The van der Waals surface area contributed by atoms with Gasteiger partial charge in [-0.05, 0) is 48.4 Å². The van der Waals surface area contributed by atoms with E-state index in [0.717, 1.165) is 28.4 Å². The summed E-state index contributed by atoms with van der Waals surface area (Å²) in [5.41, 5.74) is 4.02. The zero-order chi connectivity index (χ0) is 13.0. The summed E-state index contributed by atoms with van der Waals surface area (Å²) >= 11 is 5.91. The van der Waals surface area contributed by atoms with E-state index >= 15 is 0 Å². The average Bonchev–Trinajstić information content (AvgIpc) is 2.38. The highest BCUT2D eigenvalue weighted by Gasteiger charge is 1.99. The number of hydrogen-bond donors (Lipinski definition) is 1. The minimum absolute atomic E-state index is 0.682. The van der Waals surface area contributed by atoms with Gasteiger partial charge in [-0.1, -0.05) is 23.7 Å². The van der Waals surface area contributed by atoms with Crippen molar-refractivity contribution in [1.82, 2.24) is 0 Å². The molecule has 3 heteroatoms. The number of rotatable bonds is 3. The molecule has 0 amide bonds. The summed E-state index contributed by atoms with van der Waals surface area (Å²) < 4.78 is 0. The topological polar surface area (TPSA) is 35.8 Å². The molecule has 0 saturated heterocycles. The van der Waals surface area contributed by atoms with Gasteiger partial charge in [-0.25, -0.2) is 0 Å². The second-order valence-electron chi connectivity index (χ2n) is 4.12. The molecule has 0 aliphatic heterocycles. The summed E-state index contributed by atoms with van der Waals surface area (Å²) in [5, 5.41) is 12.8. The van der Waals surface area contributed by atoms with Crippen molar-refractivity contribution >= 4 is 17.3 Å². The minimum atomic E-state index is 0.682. The highest BCUT2D eigenvalue weighted by Crippen LogP contribution is 2.20. The van der Waals surface area contributed by atoms with Crippen LogP contribution in [0.4, 0.5) is 5.69 Å². The van der Waals surface area contributed by atoms with Crippen LogP contribution in [0.1, 0.15) is 16.7 Å². The van der Waals surface area contributed by atoms with Crippen LogP contribution in [-0.2, 0) is 6.54 Å². The molecule has 90 valence electrons. The first-order chi connectivity index (χ1) is 8.69. The van der Waals surface area contributed by atoms with Crippen molar-refractivity contribution in [1.29, 1.82) is 5.26 Å². The van der Waals surface area contributed by atoms with Crippen LogP contribution >= 0.6 is 11.6 Å². The van der Waals surface area contributed by atoms with Crippen molar-refractivity contribution < 1.29 is 0 Å². The summed E-state index contributed by atoms with van der Waals surface area (Å²) in [6.07, 6.45) is 0. The van der Waals surface area contributed by atoms with E-state index in [9.17, 15) is 0 Å². The number of nitriles is 1. The fourth-order valence-corrected chi connectivity index (χ4v) is 1.95. The first kappa shape index (κ1) is 12.5. The number of aryl methyl sites for hydroxylation is 1. The minimum Gasteiger partial charge on any atom is -0.381 e. The average molecular weight is 257 g/mol. The van der Waals surface area contributed by atoms with Crippen molar-refractivity contribution in [2.45, 2.75) is 13.5 Å². The third kappa shape index (κ3) is 3.03. The number of halogens is 1. The third-order valence-corrected chi connectivity index (χ3v) is 2.99. The molecule has 0 fully saturated rings. The maximum Gasteiger partial charge on any atom is 0.0991 e. The Hall–Kier alpha value is -1.98. The van der Waals surface area contributed by atoms with E-state index in [1.165, 1.54) is 0 Å². The first-order valence-electron chi connectivity index (χ1n) is 5.68. The van der Waals surface area contributed by atoms with E-state index in [1.807, 2.05) is 49.4 Å². The quantitative estimate of drug-likeness (QED) is 0.896. The first-order valence-corrected chi connectivity index (χ1v) is 6.06. The monoisotopic (exact) mass is 256 g/mol. The molecule has 0 spiro atoms. The van der Waals surface area contributed by atoms with Crippen molar-refractivity contribution in [3.63, 3.8) is 0 Å². The van der Waals surface area contributed by atoms with Crippen molar-refractivity contribution in [2.75, 3.05) is 5.32 Å². The summed E-state index contributed by atoms with van der Waals surface area (Å²) in [6, 6.07) is 15.4. The lowest BCUT2D eigenvalue weighted by atomic mass is 10.1. The van der Waals surface area contributed by atoms with Gasteiger partial charge in [0.05, 0.1) is 11.6 Å². The van der Waals surface area contributed by atoms with Gasteiger partial charge in [0, 0.05) is 17.3 Å². The van der Waals surface area contributed by atoms with Gasteiger partial charge in [0.2, 0.25) is 0 Å². The molecule has 1 N–H and O–H groups in total. The van der Waals surface area contributed by atoms with E-state index in [1.54, 1.807) is 0 Å². The molecule has 0 aliphatic carbocycles. The molecule has 0 unspecified atom stereocenters. The Morgan fingerprint density at radius 3 is 2.50 bits per heavy atom. The predicted molar refractivity (Wildman–Crippen MR) is 74.7 cm³/mol. The molecule has 2 rings (SSSR count). The van der Waals surface area contributed by atoms with E-state index in [-0.39, 0.29) is 0 Å². The van der Waals surface area contributed by atoms with Gasteiger partial charge in [0.1, 0.15) is 0 Å². The summed E-state index contributed by atoms with van der Waals surface area (Å²) in [5.74, 6) is 0. The molecule has 0 aromatic heterocycles. The second kappa shape index (κ2) is 5.57. The number of nitrogens with zero attached hydrogens (tertiary/aromatic N) is 1. The number of benzene rings is 2. The van der Waals surface area contributed by atoms with Crippen LogP contribution in [0, 0.1) is 18.3 Å². The van der Waals surface area contributed by atoms with E-state index in [4.69, 9.17) is 16.9 Å².